The monoisotopic (exact) mass is 209 g/mol. The van der Waals surface area contributed by atoms with Gasteiger partial charge in [-0.3, -0.25) is 0 Å². The Kier molecular flexibility index (Phi) is 3.97. The second-order valence-corrected chi connectivity index (χ2v) is 3.84. The molecular weight excluding hydrogens is 190 g/mol. The Labute approximate surface area is 90.9 Å². The van der Waals surface area contributed by atoms with E-state index in [2.05, 4.69) is 13.8 Å². The van der Waals surface area contributed by atoms with Crippen molar-refractivity contribution in [1.29, 1.82) is 0 Å². The van der Waals surface area contributed by atoms with Crippen molar-refractivity contribution >= 4 is 0 Å². The Morgan fingerprint density at radius 3 is 2.60 bits per heavy atom. The van der Waals surface area contributed by atoms with Crippen molar-refractivity contribution in [2.75, 3.05) is 7.11 Å². The molecule has 0 aromatic heterocycles. The summed E-state index contributed by atoms with van der Waals surface area (Å²) in [5.41, 5.74) is 7.00. The predicted octanol–water partition coefficient (Wildman–Crippen LogP) is 2.45. The smallest absolute Gasteiger partial charge is 0.160 e. The first-order valence-corrected chi connectivity index (χ1v) is 5.22. The molecule has 0 spiro atoms. The van der Waals surface area contributed by atoms with Gasteiger partial charge in [0.2, 0.25) is 0 Å². The number of benzene rings is 1. The van der Waals surface area contributed by atoms with Crippen LogP contribution < -0.4 is 10.5 Å². The third-order valence-corrected chi connectivity index (χ3v) is 2.84. The fraction of sp³-hybridized carbons (Fsp3) is 0.500. The van der Waals surface area contributed by atoms with Crippen LogP contribution in [0.5, 0.6) is 11.5 Å². The van der Waals surface area contributed by atoms with E-state index in [1.807, 2.05) is 6.07 Å². The van der Waals surface area contributed by atoms with Crippen molar-refractivity contribution in [3.63, 3.8) is 0 Å². The van der Waals surface area contributed by atoms with E-state index in [0.717, 1.165) is 12.0 Å². The lowest BCUT2D eigenvalue weighted by Crippen LogP contribution is -2.18. The molecule has 3 nitrogen and oxygen atoms in total. The first-order chi connectivity index (χ1) is 7.10. The van der Waals surface area contributed by atoms with Gasteiger partial charge in [0.25, 0.3) is 0 Å². The summed E-state index contributed by atoms with van der Waals surface area (Å²) in [6.07, 6.45) is 1.02. The topological polar surface area (TPSA) is 55.5 Å². The van der Waals surface area contributed by atoms with Crippen LogP contribution in [0.1, 0.15) is 31.9 Å². The van der Waals surface area contributed by atoms with E-state index in [-0.39, 0.29) is 11.8 Å². The fourth-order valence-corrected chi connectivity index (χ4v) is 1.50. The molecule has 1 aromatic rings. The second-order valence-electron chi connectivity index (χ2n) is 3.84. The van der Waals surface area contributed by atoms with Gasteiger partial charge in [0.1, 0.15) is 0 Å². The van der Waals surface area contributed by atoms with Gasteiger partial charge in [-0.25, -0.2) is 0 Å². The molecule has 0 fully saturated rings. The van der Waals surface area contributed by atoms with Crippen molar-refractivity contribution in [3.8, 4) is 11.5 Å². The summed E-state index contributed by atoms with van der Waals surface area (Å²) >= 11 is 0. The number of nitrogens with two attached hydrogens (primary N) is 1. The summed E-state index contributed by atoms with van der Waals surface area (Å²) < 4.78 is 4.98. The standard InChI is InChI=1S/C12H19NO2/c1-4-8(2)12(13)9-5-6-11(15-3)10(14)7-9/h5-8,12,14H,4,13H2,1-3H3/t8?,12-/m1/s1. The number of methoxy groups -OCH3 is 1. The summed E-state index contributed by atoms with van der Waals surface area (Å²) in [6.45, 7) is 4.21. The Hall–Kier alpha value is -1.22. The molecule has 0 radical (unpaired) electrons. The summed E-state index contributed by atoms with van der Waals surface area (Å²) in [5.74, 6) is 1.03. The van der Waals surface area contributed by atoms with Gasteiger partial charge in [-0.05, 0) is 23.6 Å². The molecule has 0 heterocycles. The van der Waals surface area contributed by atoms with Crippen LogP contribution in [0.4, 0.5) is 0 Å². The lowest BCUT2D eigenvalue weighted by Gasteiger charge is -2.19. The zero-order chi connectivity index (χ0) is 11.4. The molecular formula is C12H19NO2. The maximum Gasteiger partial charge on any atom is 0.160 e. The highest BCUT2D eigenvalue weighted by molar-refractivity contribution is 5.42. The first kappa shape index (κ1) is 11.9. The average molecular weight is 209 g/mol. The molecule has 1 unspecified atom stereocenters. The average Bonchev–Trinajstić information content (AvgIpc) is 2.26. The van der Waals surface area contributed by atoms with Gasteiger partial charge in [-0.15, -0.1) is 0 Å². The van der Waals surface area contributed by atoms with Crippen LogP contribution in [0, 0.1) is 5.92 Å². The molecule has 0 saturated heterocycles. The van der Waals surface area contributed by atoms with Crippen molar-refractivity contribution in [2.45, 2.75) is 26.3 Å². The van der Waals surface area contributed by atoms with Crippen molar-refractivity contribution < 1.29 is 9.84 Å². The molecule has 3 heteroatoms. The lowest BCUT2D eigenvalue weighted by molar-refractivity contribution is 0.371. The van der Waals surface area contributed by atoms with Crippen molar-refractivity contribution in [2.24, 2.45) is 11.7 Å². The minimum Gasteiger partial charge on any atom is -0.504 e. The van der Waals surface area contributed by atoms with Gasteiger partial charge in [0, 0.05) is 6.04 Å². The van der Waals surface area contributed by atoms with Gasteiger partial charge in [0.05, 0.1) is 7.11 Å². The van der Waals surface area contributed by atoms with Gasteiger partial charge >= 0.3 is 0 Å². The van der Waals surface area contributed by atoms with Gasteiger partial charge in [-0.1, -0.05) is 26.3 Å². The molecule has 0 saturated carbocycles. The van der Waals surface area contributed by atoms with Gasteiger partial charge < -0.3 is 15.6 Å². The Bertz CT molecular complexity index is 325. The van der Waals surface area contributed by atoms with E-state index in [1.165, 1.54) is 7.11 Å². The van der Waals surface area contributed by atoms with Crippen LogP contribution >= 0.6 is 0 Å². The van der Waals surface area contributed by atoms with Crippen LogP contribution in [0.3, 0.4) is 0 Å². The highest BCUT2D eigenvalue weighted by Gasteiger charge is 2.14. The SMILES string of the molecule is CCC(C)[C@@H](N)c1ccc(OC)c(O)c1. The third-order valence-electron chi connectivity index (χ3n) is 2.84. The van der Waals surface area contributed by atoms with Crippen LogP contribution in [0.25, 0.3) is 0 Å². The Morgan fingerprint density at radius 1 is 1.47 bits per heavy atom. The lowest BCUT2D eigenvalue weighted by atomic mass is 9.93. The molecule has 1 aromatic carbocycles. The van der Waals surface area contributed by atoms with Crippen molar-refractivity contribution in [3.05, 3.63) is 23.8 Å². The van der Waals surface area contributed by atoms with E-state index in [9.17, 15) is 5.11 Å². The highest BCUT2D eigenvalue weighted by atomic mass is 16.5. The Balaban J connectivity index is 2.92. The molecule has 15 heavy (non-hydrogen) atoms. The second kappa shape index (κ2) is 5.03. The largest absolute Gasteiger partial charge is 0.504 e. The zero-order valence-electron chi connectivity index (χ0n) is 9.53. The van der Waals surface area contributed by atoms with Gasteiger partial charge in [-0.2, -0.15) is 0 Å². The number of ether oxygens (including phenoxy) is 1. The summed E-state index contributed by atoms with van der Waals surface area (Å²) in [6, 6.07) is 5.28. The molecule has 0 bridgehead atoms. The number of phenolic OH excluding ortho intramolecular Hbond substituents is 1. The molecule has 1 rings (SSSR count). The van der Waals surface area contributed by atoms with Crippen LogP contribution in [-0.2, 0) is 0 Å². The van der Waals surface area contributed by atoms with E-state index < -0.39 is 0 Å². The minimum absolute atomic E-state index is 0.0354. The number of rotatable bonds is 4. The minimum atomic E-state index is -0.0354. The molecule has 3 N–H and O–H groups in total. The normalized spacial score (nSPS) is 14.7. The number of aromatic hydroxyl groups is 1. The van der Waals surface area contributed by atoms with Gasteiger partial charge in [0.15, 0.2) is 11.5 Å². The van der Waals surface area contributed by atoms with E-state index in [0.29, 0.717) is 11.7 Å². The summed E-state index contributed by atoms with van der Waals surface area (Å²) in [5, 5.41) is 9.61. The number of hydrogen-bond donors (Lipinski definition) is 2. The molecule has 84 valence electrons. The van der Waals surface area contributed by atoms with Crippen LogP contribution in [0.2, 0.25) is 0 Å². The zero-order valence-corrected chi connectivity index (χ0v) is 9.53. The maximum absolute atomic E-state index is 9.61. The van der Waals surface area contributed by atoms with Crippen LogP contribution in [-0.4, -0.2) is 12.2 Å². The first-order valence-electron chi connectivity index (χ1n) is 5.22. The predicted molar refractivity (Wildman–Crippen MR) is 61.0 cm³/mol. The molecule has 0 aliphatic heterocycles. The molecule has 0 amide bonds. The number of hydrogen-bond acceptors (Lipinski definition) is 3. The third kappa shape index (κ3) is 2.63. The van der Waals surface area contributed by atoms with Crippen LogP contribution in [0.15, 0.2) is 18.2 Å². The van der Waals surface area contributed by atoms with E-state index >= 15 is 0 Å². The Morgan fingerprint density at radius 2 is 2.13 bits per heavy atom. The van der Waals surface area contributed by atoms with Crippen molar-refractivity contribution in [1.82, 2.24) is 0 Å². The molecule has 0 aliphatic carbocycles. The molecule has 0 aliphatic rings. The summed E-state index contributed by atoms with van der Waals surface area (Å²) in [4.78, 5) is 0. The number of phenols is 1. The summed E-state index contributed by atoms with van der Waals surface area (Å²) in [7, 11) is 1.53. The van der Waals surface area contributed by atoms with E-state index in [1.54, 1.807) is 12.1 Å². The maximum atomic E-state index is 9.61. The highest BCUT2D eigenvalue weighted by Crippen LogP contribution is 2.30. The quantitative estimate of drug-likeness (QED) is 0.800. The fourth-order valence-electron chi connectivity index (χ4n) is 1.50. The molecule has 2 atom stereocenters. The van der Waals surface area contributed by atoms with E-state index in [4.69, 9.17) is 10.5 Å².